The lowest BCUT2D eigenvalue weighted by molar-refractivity contribution is -0.135. The van der Waals surface area contributed by atoms with Gasteiger partial charge in [0.05, 0.1) is 5.92 Å². The van der Waals surface area contributed by atoms with Crippen molar-refractivity contribution in [1.82, 2.24) is 10.2 Å². The van der Waals surface area contributed by atoms with Crippen molar-refractivity contribution in [2.75, 3.05) is 19.6 Å². The highest BCUT2D eigenvalue weighted by molar-refractivity contribution is 5.84. The summed E-state index contributed by atoms with van der Waals surface area (Å²) in [5.74, 6) is 0.796. The van der Waals surface area contributed by atoms with Gasteiger partial charge in [0.25, 0.3) is 0 Å². The predicted octanol–water partition coefficient (Wildman–Crippen LogP) is 3.12. The average molecular weight is 342 g/mol. The third-order valence-corrected chi connectivity index (χ3v) is 5.59. The van der Waals surface area contributed by atoms with Gasteiger partial charge < -0.3 is 10.2 Å². The summed E-state index contributed by atoms with van der Waals surface area (Å²) in [6, 6.07) is 8.40. The molecular formula is C21H30N2O2. The summed E-state index contributed by atoms with van der Waals surface area (Å²) in [4.78, 5) is 27.0. The molecule has 4 heteroatoms. The van der Waals surface area contributed by atoms with E-state index in [2.05, 4.69) is 23.5 Å². The first-order valence-electron chi connectivity index (χ1n) is 9.70. The summed E-state index contributed by atoms with van der Waals surface area (Å²) >= 11 is 0. The van der Waals surface area contributed by atoms with Gasteiger partial charge in [-0.1, -0.05) is 38.1 Å². The molecule has 0 aromatic heterocycles. The first-order valence-corrected chi connectivity index (χ1v) is 9.70. The normalized spacial score (nSPS) is 23.2. The van der Waals surface area contributed by atoms with Crippen molar-refractivity contribution < 1.29 is 9.59 Å². The van der Waals surface area contributed by atoms with Crippen LogP contribution in [0.25, 0.3) is 0 Å². The minimum atomic E-state index is 0.0140. The third kappa shape index (κ3) is 4.23. The van der Waals surface area contributed by atoms with Crippen LogP contribution >= 0.6 is 0 Å². The highest BCUT2D eigenvalue weighted by Gasteiger charge is 2.32. The van der Waals surface area contributed by atoms with Gasteiger partial charge in [-0.25, -0.2) is 0 Å². The van der Waals surface area contributed by atoms with Crippen LogP contribution in [0.5, 0.6) is 0 Å². The van der Waals surface area contributed by atoms with Gasteiger partial charge in [0, 0.05) is 25.6 Å². The topological polar surface area (TPSA) is 49.4 Å². The highest BCUT2D eigenvalue weighted by Crippen LogP contribution is 2.33. The quantitative estimate of drug-likeness (QED) is 0.914. The molecule has 4 nitrogen and oxygen atoms in total. The molecule has 1 aliphatic heterocycles. The van der Waals surface area contributed by atoms with Crippen molar-refractivity contribution in [2.24, 2.45) is 11.8 Å². The van der Waals surface area contributed by atoms with Gasteiger partial charge in [-0.05, 0) is 49.1 Å². The van der Waals surface area contributed by atoms with Crippen molar-refractivity contribution in [2.45, 2.75) is 51.9 Å². The summed E-state index contributed by atoms with van der Waals surface area (Å²) in [6.07, 6.45) is 5.26. The van der Waals surface area contributed by atoms with E-state index in [0.29, 0.717) is 12.5 Å². The van der Waals surface area contributed by atoms with Gasteiger partial charge in [-0.3, -0.25) is 9.59 Å². The monoisotopic (exact) mass is 342 g/mol. The molecule has 1 heterocycles. The molecule has 1 aromatic rings. The van der Waals surface area contributed by atoms with Crippen LogP contribution in [0, 0.1) is 11.8 Å². The fraction of sp³-hybridized carbons (Fsp3) is 0.619. The number of likely N-dealkylation sites (tertiary alicyclic amines) is 1. The standard InChI is InChI=1S/C21H30N2O2/c1-15(2)20(24)22-13-16-7-6-12-23(14-16)21(25)19-11-5-9-17-8-3-4-10-18(17)19/h3-4,8,10,15-16,19H,5-7,9,11-14H2,1-2H3,(H,22,24)/t16-,19+/m1/s1. The number of carbonyl (C=O) groups excluding carboxylic acids is 2. The van der Waals surface area contributed by atoms with Crippen LogP contribution in [0.3, 0.4) is 0 Å². The SMILES string of the molecule is CC(C)C(=O)NC[C@H]1CCCN(C(=O)[C@H]2CCCc3ccccc32)C1. The number of benzene rings is 1. The highest BCUT2D eigenvalue weighted by atomic mass is 16.2. The lowest BCUT2D eigenvalue weighted by atomic mass is 9.81. The first-order chi connectivity index (χ1) is 12.1. The number of aryl methyl sites for hydroxylation is 1. The molecular weight excluding hydrogens is 312 g/mol. The molecule has 1 saturated heterocycles. The van der Waals surface area contributed by atoms with E-state index in [1.807, 2.05) is 24.8 Å². The largest absolute Gasteiger partial charge is 0.356 e. The Balaban J connectivity index is 1.62. The van der Waals surface area contributed by atoms with Gasteiger partial charge >= 0.3 is 0 Å². The Morgan fingerprint density at radius 2 is 2.00 bits per heavy atom. The number of carbonyl (C=O) groups is 2. The molecule has 2 amide bonds. The van der Waals surface area contributed by atoms with Crippen LogP contribution in [0.1, 0.15) is 56.6 Å². The number of nitrogens with zero attached hydrogens (tertiary/aromatic N) is 1. The summed E-state index contributed by atoms with van der Waals surface area (Å²) in [6.45, 7) is 6.13. The number of rotatable bonds is 4. The fourth-order valence-electron chi connectivity index (χ4n) is 4.11. The predicted molar refractivity (Wildman–Crippen MR) is 99.3 cm³/mol. The zero-order chi connectivity index (χ0) is 17.8. The van der Waals surface area contributed by atoms with Gasteiger partial charge in [0.1, 0.15) is 0 Å². The maximum Gasteiger partial charge on any atom is 0.230 e. The summed E-state index contributed by atoms with van der Waals surface area (Å²) < 4.78 is 0. The smallest absolute Gasteiger partial charge is 0.230 e. The van der Waals surface area contributed by atoms with Crippen LogP contribution in [-0.4, -0.2) is 36.3 Å². The molecule has 2 aliphatic rings. The van der Waals surface area contributed by atoms with E-state index in [1.54, 1.807) is 0 Å². The Morgan fingerprint density at radius 3 is 2.80 bits per heavy atom. The number of nitrogens with one attached hydrogen (secondary N) is 1. The van der Waals surface area contributed by atoms with E-state index in [1.165, 1.54) is 11.1 Å². The lowest BCUT2D eigenvalue weighted by Crippen LogP contribution is -2.46. The number of piperidine rings is 1. The minimum Gasteiger partial charge on any atom is -0.356 e. The second-order valence-corrected chi connectivity index (χ2v) is 7.84. The molecule has 1 N–H and O–H groups in total. The second-order valence-electron chi connectivity index (χ2n) is 7.84. The molecule has 1 aliphatic carbocycles. The molecule has 2 atom stereocenters. The zero-order valence-corrected chi connectivity index (χ0v) is 15.5. The first kappa shape index (κ1) is 18.0. The number of hydrogen-bond acceptors (Lipinski definition) is 2. The molecule has 1 fully saturated rings. The number of fused-ring (bicyclic) bond motifs is 1. The van der Waals surface area contributed by atoms with Crippen LogP contribution in [-0.2, 0) is 16.0 Å². The van der Waals surface area contributed by atoms with E-state index in [-0.39, 0.29) is 23.7 Å². The van der Waals surface area contributed by atoms with Crippen molar-refractivity contribution in [3.63, 3.8) is 0 Å². The lowest BCUT2D eigenvalue weighted by Gasteiger charge is -2.36. The van der Waals surface area contributed by atoms with E-state index in [4.69, 9.17) is 0 Å². The fourth-order valence-corrected chi connectivity index (χ4v) is 4.11. The molecule has 3 rings (SSSR count). The zero-order valence-electron chi connectivity index (χ0n) is 15.5. The van der Waals surface area contributed by atoms with Crippen molar-refractivity contribution in [3.8, 4) is 0 Å². The Labute approximate surface area is 151 Å². The Hall–Kier alpha value is -1.84. The number of amides is 2. The summed E-state index contributed by atoms with van der Waals surface area (Å²) in [5, 5.41) is 3.03. The summed E-state index contributed by atoms with van der Waals surface area (Å²) in [5.41, 5.74) is 2.57. The van der Waals surface area contributed by atoms with Crippen molar-refractivity contribution >= 4 is 11.8 Å². The molecule has 0 radical (unpaired) electrons. The minimum absolute atomic E-state index is 0.0140. The molecule has 1 aromatic carbocycles. The molecule has 0 bridgehead atoms. The molecule has 0 unspecified atom stereocenters. The van der Waals surface area contributed by atoms with Gasteiger partial charge in [-0.15, -0.1) is 0 Å². The van der Waals surface area contributed by atoms with Crippen LogP contribution in [0.15, 0.2) is 24.3 Å². The maximum atomic E-state index is 13.1. The third-order valence-electron chi connectivity index (χ3n) is 5.59. The van der Waals surface area contributed by atoms with E-state index in [0.717, 1.165) is 45.2 Å². The van der Waals surface area contributed by atoms with Crippen LogP contribution in [0.4, 0.5) is 0 Å². The van der Waals surface area contributed by atoms with Crippen molar-refractivity contribution in [3.05, 3.63) is 35.4 Å². The second kappa shape index (κ2) is 8.03. The van der Waals surface area contributed by atoms with Gasteiger partial charge in [0.2, 0.25) is 11.8 Å². The van der Waals surface area contributed by atoms with E-state index < -0.39 is 0 Å². The van der Waals surface area contributed by atoms with Crippen LogP contribution in [0.2, 0.25) is 0 Å². The van der Waals surface area contributed by atoms with E-state index in [9.17, 15) is 9.59 Å². The number of hydrogen-bond donors (Lipinski definition) is 1. The Kier molecular flexibility index (Phi) is 5.77. The van der Waals surface area contributed by atoms with Gasteiger partial charge in [-0.2, -0.15) is 0 Å². The molecule has 0 spiro atoms. The summed E-state index contributed by atoms with van der Waals surface area (Å²) in [7, 11) is 0. The average Bonchev–Trinajstić information content (AvgIpc) is 2.65. The van der Waals surface area contributed by atoms with Crippen LogP contribution < -0.4 is 5.32 Å². The molecule has 0 saturated carbocycles. The maximum absolute atomic E-state index is 13.1. The van der Waals surface area contributed by atoms with Gasteiger partial charge in [0.15, 0.2) is 0 Å². The molecule has 25 heavy (non-hydrogen) atoms. The Morgan fingerprint density at radius 1 is 1.20 bits per heavy atom. The van der Waals surface area contributed by atoms with Crippen molar-refractivity contribution in [1.29, 1.82) is 0 Å². The molecule has 136 valence electrons. The van der Waals surface area contributed by atoms with E-state index >= 15 is 0 Å². The Bertz CT molecular complexity index is 626.